The van der Waals surface area contributed by atoms with Crippen molar-refractivity contribution < 1.29 is 5.48 Å². The summed E-state index contributed by atoms with van der Waals surface area (Å²) in [5.41, 5.74) is 2.80. The number of hydrogen-bond donors (Lipinski definition) is 0. The van der Waals surface area contributed by atoms with Crippen LogP contribution in [-0.2, 0) is 0 Å². The average Bonchev–Trinajstić information content (AvgIpc) is 2.44. The topological polar surface area (TPSA) is 12.9 Å². The molecule has 0 amide bonds. The smallest absolute Gasteiger partial charge is 0.0796 e. The quantitative estimate of drug-likeness (QED) is 0.744. The van der Waals surface area contributed by atoms with E-state index in [4.69, 9.17) is 5.48 Å². The molecule has 0 aliphatic rings. The molecular weight excluding hydrogens is 258 g/mol. The predicted molar refractivity (Wildman–Crippen MR) is 91.5 cm³/mol. The number of pyridine rings is 1. The third-order valence-electron chi connectivity index (χ3n) is 3.45. The van der Waals surface area contributed by atoms with E-state index in [1.807, 2.05) is 20.0 Å². The predicted octanol–water partition coefficient (Wildman–Crippen LogP) is 4.73. The first-order chi connectivity index (χ1) is 10.8. The van der Waals surface area contributed by atoms with Gasteiger partial charge in [0.25, 0.3) is 0 Å². The van der Waals surface area contributed by atoms with Crippen LogP contribution >= 0.6 is 0 Å². The minimum absolute atomic E-state index is 0.316. The molecule has 20 heavy (non-hydrogen) atoms. The van der Waals surface area contributed by atoms with Gasteiger partial charge in [0.1, 0.15) is 0 Å². The van der Waals surface area contributed by atoms with Crippen molar-refractivity contribution in [3.05, 3.63) is 47.7 Å². The average molecular weight is 288 g/mol. The van der Waals surface area contributed by atoms with Gasteiger partial charge in [0.05, 0.1) is 13.8 Å². The highest BCUT2D eigenvalue weighted by atomic mass is 28.3. The van der Waals surface area contributed by atoms with Crippen molar-refractivity contribution in [1.29, 1.82) is 0 Å². The van der Waals surface area contributed by atoms with E-state index in [1.165, 1.54) is 5.19 Å². The zero-order valence-electron chi connectivity index (χ0n) is 16.9. The first kappa shape index (κ1) is 10.3. The highest BCUT2D eigenvalue weighted by Crippen LogP contribution is 2.27. The van der Waals surface area contributed by atoms with E-state index in [2.05, 4.69) is 30.7 Å². The third kappa shape index (κ3) is 3.18. The van der Waals surface area contributed by atoms with E-state index in [1.54, 1.807) is 24.3 Å². The second kappa shape index (κ2) is 5.53. The van der Waals surface area contributed by atoms with Crippen molar-refractivity contribution in [1.82, 2.24) is 4.98 Å². The van der Waals surface area contributed by atoms with E-state index in [0.29, 0.717) is 5.56 Å². The number of aryl methyl sites for hydroxylation is 1. The van der Waals surface area contributed by atoms with Crippen LogP contribution in [0.3, 0.4) is 0 Å². The van der Waals surface area contributed by atoms with E-state index < -0.39 is 20.8 Å². The molecule has 0 spiro atoms. The van der Waals surface area contributed by atoms with Gasteiger partial charge in [-0.1, -0.05) is 69.4 Å². The molecule has 1 aromatic carbocycles. The maximum atomic E-state index is 8.49. The lowest BCUT2D eigenvalue weighted by atomic mass is 9.97. The fourth-order valence-electron chi connectivity index (χ4n) is 2.11. The monoisotopic (exact) mass is 287 g/mol. The summed E-state index contributed by atoms with van der Waals surface area (Å²) in [5, 5.41) is 1.22. The molecule has 1 aromatic heterocycles. The molecule has 0 aliphatic carbocycles. The van der Waals surface area contributed by atoms with Crippen LogP contribution in [0, 0.1) is 6.85 Å². The third-order valence-corrected chi connectivity index (χ3v) is 5.46. The van der Waals surface area contributed by atoms with Crippen LogP contribution < -0.4 is 5.19 Å². The summed E-state index contributed by atoms with van der Waals surface area (Å²) in [6.07, 6.45) is 1.91. The van der Waals surface area contributed by atoms with Crippen molar-refractivity contribution in [3.63, 3.8) is 0 Å². The van der Waals surface area contributed by atoms with Crippen molar-refractivity contribution in [2.24, 2.45) is 0 Å². The Morgan fingerprint density at radius 2 is 1.80 bits per heavy atom. The molecule has 2 aromatic rings. The summed E-state index contributed by atoms with van der Waals surface area (Å²) in [5.74, 6) is -0.777. The Balaban J connectivity index is 2.58. The molecule has 0 radical (unpaired) electrons. The lowest BCUT2D eigenvalue weighted by Crippen LogP contribution is -2.38. The molecule has 0 saturated carbocycles. The molecule has 0 saturated heterocycles. The van der Waals surface area contributed by atoms with Crippen LogP contribution in [-0.4, -0.2) is 13.1 Å². The SMILES string of the molecule is [2H]C([2H])([2H])c1ccc(-c2ncc([Si](C)(C)C)cc2C([2H])(C)C)cc1. The Bertz CT molecular complexity index is 723. The maximum absolute atomic E-state index is 8.49. The molecule has 0 N–H and O–H groups in total. The first-order valence-corrected chi connectivity index (χ1v) is 10.4. The zero-order chi connectivity index (χ0) is 18.3. The molecular formula is C18H25NSi. The van der Waals surface area contributed by atoms with Gasteiger partial charge in [-0.3, -0.25) is 4.98 Å². The Morgan fingerprint density at radius 1 is 1.15 bits per heavy atom. The van der Waals surface area contributed by atoms with Crippen LogP contribution in [0.5, 0.6) is 0 Å². The molecule has 2 heteroatoms. The maximum Gasteiger partial charge on any atom is 0.0796 e. The summed E-state index contributed by atoms with van der Waals surface area (Å²) in [4.78, 5) is 4.65. The highest BCUT2D eigenvalue weighted by molar-refractivity contribution is 6.88. The van der Waals surface area contributed by atoms with Gasteiger partial charge in [-0.05, 0) is 23.5 Å². The Labute approximate surface area is 129 Å². The van der Waals surface area contributed by atoms with Gasteiger partial charge in [0.15, 0.2) is 0 Å². The molecule has 0 unspecified atom stereocenters. The standard InChI is InChI=1S/C18H25NSi/c1-13(2)17-11-16(20(4,5)6)12-19-18(17)15-9-7-14(3)8-10-15/h7-13H,1-6H3/i3D3,13D. The second-order valence-corrected chi connectivity index (χ2v) is 11.5. The van der Waals surface area contributed by atoms with Gasteiger partial charge >= 0.3 is 0 Å². The Morgan fingerprint density at radius 3 is 2.30 bits per heavy atom. The van der Waals surface area contributed by atoms with Crippen LogP contribution in [0.1, 0.15) is 36.4 Å². The van der Waals surface area contributed by atoms with E-state index in [0.717, 1.165) is 16.8 Å². The number of aromatic nitrogens is 1. The lowest BCUT2D eigenvalue weighted by molar-refractivity contribution is 0.863. The Kier molecular flexibility index (Phi) is 2.86. The lowest BCUT2D eigenvalue weighted by Gasteiger charge is -2.20. The molecule has 0 aliphatic heterocycles. The largest absolute Gasteiger partial charge is 0.256 e. The van der Waals surface area contributed by atoms with Crippen molar-refractivity contribution in [2.75, 3.05) is 0 Å². The minimum Gasteiger partial charge on any atom is -0.256 e. The number of benzene rings is 1. The van der Waals surface area contributed by atoms with Crippen molar-refractivity contribution in [3.8, 4) is 11.3 Å². The number of hydrogen-bond acceptors (Lipinski definition) is 1. The molecule has 106 valence electrons. The van der Waals surface area contributed by atoms with Crippen LogP contribution in [0.15, 0.2) is 36.5 Å². The summed E-state index contributed by atoms with van der Waals surface area (Å²) in [7, 11) is -1.52. The fourth-order valence-corrected chi connectivity index (χ4v) is 3.14. The molecule has 0 fully saturated rings. The van der Waals surface area contributed by atoms with E-state index in [9.17, 15) is 0 Å². The van der Waals surface area contributed by atoms with Crippen LogP contribution in [0.4, 0.5) is 0 Å². The fraction of sp³-hybridized carbons (Fsp3) is 0.389. The van der Waals surface area contributed by atoms with Gasteiger partial charge in [-0.15, -0.1) is 0 Å². The van der Waals surface area contributed by atoms with Gasteiger partial charge in [0, 0.05) is 17.2 Å². The highest BCUT2D eigenvalue weighted by Gasteiger charge is 2.20. The summed E-state index contributed by atoms with van der Waals surface area (Å²) < 4.78 is 30.9. The Hall–Kier alpha value is -1.41. The summed E-state index contributed by atoms with van der Waals surface area (Å²) in [6.45, 7) is 8.39. The molecule has 0 atom stereocenters. The minimum atomic E-state index is -2.11. The zero-order valence-corrected chi connectivity index (χ0v) is 13.9. The molecule has 0 bridgehead atoms. The molecule has 2 rings (SSSR count). The number of rotatable bonds is 3. The van der Waals surface area contributed by atoms with Gasteiger partial charge in [-0.25, -0.2) is 0 Å². The first-order valence-electron chi connectivity index (χ1n) is 8.92. The molecule has 1 nitrogen and oxygen atoms in total. The van der Waals surface area contributed by atoms with E-state index in [-0.39, 0.29) is 0 Å². The van der Waals surface area contributed by atoms with Gasteiger partial charge < -0.3 is 0 Å². The molecule has 1 heterocycles. The van der Waals surface area contributed by atoms with E-state index >= 15 is 0 Å². The van der Waals surface area contributed by atoms with Gasteiger partial charge in [-0.2, -0.15) is 0 Å². The van der Waals surface area contributed by atoms with Crippen molar-refractivity contribution >= 4 is 13.3 Å². The summed E-state index contributed by atoms with van der Waals surface area (Å²) >= 11 is 0. The summed E-state index contributed by atoms with van der Waals surface area (Å²) in [6, 6.07) is 8.93. The number of nitrogens with zero attached hydrogens (tertiary/aromatic N) is 1. The van der Waals surface area contributed by atoms with Crippen LogP contribution in [0.2, 0.25) is 19.6 Å². The van der Waals surface area contributed by atoms with Gasteiger partial charge in [0.2, 0.25) is 0 Å². The van der Waals surface area contributed by atoms with Crippen LogP contribution in [0.25, 0.3) is 11.3 Å². The van der Waals surface area contributed by atoms with Crippen molar-refractivity contribution in [2.45, 2.75) is 46.2 Å². The second-order valence-electron chi connectivity index (χ2n) is 6.45. The normalized spacial score (nSPS) is 16.1.